The Bertz CT molecular complexity index is 332. The molecule has 0 aliphatic carbocycles. The fourth-order valence-electron chi connectivity index (χ4n) is 1.19. The summed E-state index contributed by atoms with van der Waals surface area (Å²) in [5.74, 6) is -4.17. The number of hydrogen-bond acceptors (Lipinski definition) is 1. The number of benzene rings is 1. The lowest BCUT2D eigenvalue weighted by atomic mass is 9.99. The van der Waals surface area contributed by atoms with Gasteiger partial charge in [-0.05, 0) is 12.0 Å². The zero-order chi connectivity index (χ0) is 11.5. The second-order valence-electron chi connectivity index (χ2n) is 3.12. The Kier molecular flexibility index (Phi) is 3.34. The summed E-state index contributed by atoms with van der Waals surface area (Å²) in [5, 5.41) is 8.45. The number of alkyl halides is 3. The van der Waals surface area contributed by atoms with Crippen LogP contribution in [-0.2, 0) is 11.2 Å². The number of carboxylic acids is 1. The van der Waals surface area contributed by atoms with Crippen LogP contribution in [0.5, 0.6) is 0 Å². The van der Waals surface area contributed by atoms with Gasteiger partial charge in [-0.15, -0.1) is 0 Å². The van der Waals surface area contributed by atoms with Crippen molar-refractivity contribution < 1.29 is 23.1 Å². The van der Waals surface area contributed by atoms with E-state index in [1.165, 1.54) is 12.1 Å². The molecule has 0 unspecified atom stereocenters. The molecule has 0 aliphatic heterocycles. The molecular weight excluding hydrogens is 209 g/mol. The second kappa shape index (κ2) is 4.33. The van der Waals surface area contributed by atoms with Crippen molar-refractivity contribution in [3.8, 4) is 0 Å². The minimum absolute atomic E-state index is 0.363. The number of aliphatic carboxylic acids is 1. The lowest BCUT2D eigenvalue weighted by molar-refractivity contribution is -0.193. The van der Waals surface area contributed by atoms with Crippen LogP contribution in [0.4, 0.5) is 13.2 Å². The standard InChI is InChI=1S/C10H9F3O2/c11-10(12,13)8(9(14)15)6-7-4-2-1-3-5-7/h1-5,8H,6H2,(H,14,15)/t8-/m1/s1. The Labute approximate surface area is 84.3 Å². The lowest BCUT2D eigenvalue weighted by Crippen LogP contribution is -2.32. The van der Waals surface area contributed by atoms with E-state index in [-0.39, 0.29) is 0 Å². The van der Waals surface area contributed by atoms with Crippen molar-refractivity contribution >= 4 is 5.97 Å². The highest BCUT2D eigenvalue weighted by Gasteiger charge is 2.44. The Morgan fingerprint density at radius 2 is 1.80 bits per heavy atom. The zero-order valence-electron chi connectivity index (χ0n) is 7.66. The van der Waals surface area contributed by atoms with E-state index in [4.69, 9.17) is 5.11 Å². The average molecular weight is 218 g/mol. The Morgan fingerprint density at radius 3 is 2.20 bits per heavy atom. The topological polar surface area (TPSA) is 37.3 Å². The molecule has 0 fully saturated rings. The zero-order valence-corrected chi connectivity index (χ0v) is 7.66. The molecule has 5 heteroatoms. The van der Waals surface area contributed by atoms with Crippen LogP contribution in [-0.4, -0.2) is 17.3 Å². The van der Waals surface area contributed by atoms with Gasteiger partial charge in [0, 0.05) is 0 Å². The normalized spacial score (nSPS) is 13.5. The minimum Gasteiger partial charge on any atom is -0.481 e. The second-order valence-corrected chi connectivity index (χ2v) is 3.12. The quantitative estimate of drug-likeness (QED) is 0.846. The molecule has 0 bridgehead atoms. The molecule has 1 aromatic carbocycles. The van der Waals surface area contributed by atoms with E-state index >= 15 is 0 Å². The predicted octanol–water partition coefficient (Wildman–Crippen LogP) is 2.49. The summed E-state index contributed by atoms with van der Waals surface area (Å²) in [6.07, 6.45) is -5.23. The van der Waals surface area contributed by atoms with Crippen LogP contribution in [0.1, 0.15) is 5.56 Å². The van der Waals surface area contributed by atoms with E-state index in [9.17, 15) is 18.0 Å². The van der Waals surface area contributed by atoms with Crippen molar-refractivity contribution in [3.63, 3.8) is 0 Å². The first-order valence-electron chi connectivity index (χ1n) is 4.24. The highest BCUT2D eigenvalue weighted by atomic mass is 19.4. The Morgan fingerprint density at radius 1 is 1.27 bits per heavy atom. The van der Waals surface area contributed by atoms with Crippen molar-refractivity contribution in [2.24, 2.45) is 5.92 Å². The van der Waals surface area contributed by atoms with E-state index in [0.29, 0.717) is 5.56 Å². The maximum atomic E-state index is 12.3. The molecule has 1 N–H and O–H groups in total. The van der Waals surface area contributed by atoms with Gasteiger partial charge in [-0.3, -0.25) is 4.79 Å². The van der Waals surface area contributed by atoms with Gasteiger partial charge in [0.05, 0.1) is 0 Å². The fraction of sp³-hybridized carbons (Fsp3) is 0.300. The first-order chi connectivity index (χ1) is 6.91. The molecule has 1 atom stereocenters. The first-order valence-corrected chi connectivity index (χ1v) is 4.24. The molecule has 0 saturated carbocycles. The third-order valence-corrected chi connectivity index (χ3v) is 1.98. The molecule has 0 heterocycles. The van der Waals surface area contributed by atoms with Gasteiger partial charge in [0.2, 0.25) is 0 Å². The van der Waals surface area contributed by atoms with E-state index < -0.39 is 24.5 Å². The molecule has 15 heavy (non-hydrogen) atoms. The molecule has 1 rings (SSSR count). The summed E-state index contributed by atoms with van der Waals surface area (Å²) in [6, 6.07) is 7.76. The van der Waals surface area contributed by atoms with Gasteiger partial charge in [0.1, 0.15) is 0 Å². The maximum absolute atomic E-state index is 12.3. The largest absolute Gasteiger partial charge is 0.481 e. The van der Waals surface area contributed by atoms with Crippen LogP contribution in [0.2, 0.25) is 0 Å². The van der Waals surface area contributed by atoms with Gasteiger partial charge >= 0.3 is 12.1 Å². The van der Waals surface area contributed by atoms with Crippen LogP contribution < -0.4 is 0 Å². The summed E-state index contributed by atoms with van der Waals surface area (Å²) < 4.78 is 36.8. The van der Waals surface area contributed by atoms with Gasteiger partial charge < -0.3 is 5.11 Å². The summed E-state index contributed by atoms with van der Waals surface area (Å²) in [7, 11) is 0. The number of hydrogen-bond donors (Lipinski definition) is 1. The third-order valence-electron chi connectivity index (χ3n) is 1.98. The van der Waals surface area contributed by atoms with Gasteiger partial charge in [-0.25, -0.2) is 0 Å². The van der Waals surface area contributed by atoms with Crippen molar-refractivity contribution in [3.05, 3.63) is 35.9 Å². The predicted molar refractivity (Wildman–Crippen MR) is 47.3 cm³/mol. The fourth-order valence-corrected chi connectivity index (χ4v) is 1.19. The van der Waals surface area contributed by atoms with Crippen molar-refractivity contribution in [2.45, 2.75) is 12.6 Å². The van der Waals surface area contributed by atoms with Gasteiger partial charge in [-0.1, -0.05) is 30.3 Å². The van der Waals surface area contributed by atoms with Crippen LogP contribution in [0.15, 0.2) is 30.3 Å². The van der Waals surface area contributed by atoms with Crippen LogP contribution >= 0.6 is 0 Å². The van der Waals surface area contributed by atoms with Gasteiger partial charge in [-0.2, -0.15) is 13.2 Å². The molecular formula is C10H9F3O2. The molecule has 0 amide bonds. The third kappa shape index (κ3) is 3.27. The van der Waals surface area contributed by atoms with Crippen molar-refractivity contribution in [1.82, 2.24) is 0 Å². The number of rotatable bonds is 3. The summed E-state index contributed by atoms with van der Waals surface area (Å²) >= 11 is 0. The Hall–Kier alpha value is -1.52. The van der Waals surface area contributed by atoms with Crippen LogP contribution in [0.3, 0.4) is 0 Å². The molecule has 2 nitrogen and oxygen atoms in total. The van der Waals surface area contributed by atoms with E-state index in [2.05, 4.69) is 0 Å². The highest BCUT2D eigenvalue weighted by Crippen LogP contribution is 2.29. The first kappa shape index (κ1) is 11.6. The van der Waals surface area contributed by atoms with Gasteiger partial charge in [0.25, 0.3) is 0 Å². The molecule has 1 aromatic rings. The SMILES string of the molecule is O=C(O)[C@@H](Cc1ccccc1)C(F)(F)F. The van der Waals surface area contributed by atoms with E-state index in [1.54, 1.807) is 18.2 Å². The van der Waals surface area contributed by atoms with Gasteiger partial charge in [0.15, 0.2) is 5.92 Å². The number of carbonyl (C=O) groups is 1. The number of carboxylic acid groups (broad SMARTS) is 1. The van der Waals surface area contributed by atoms with E-state index in [1.807, 2.05) is 0 Å². The molecule has 82 valence electrons. The molecule has 0 radical (unpaired) electrons. The molecule has 0 aliphatic rings. The average Bonchev–Trinajstić information content (AvgIpc) is 2.13. The van der Waals surface area contributed by atoms with Crippen molar-refractivity contribution in [2.75, 3.05) is 0 Å². The summed E-state index contributed by atoms with van der Waals surface area (Å²) in [4.78, 5) is 10.4. The summed E-state index contributed by atoms with van der Waals surface area (Å²) in [5.41, 5.74) is 0.363. The van der Waals surface area contributed by atoms with Crippen LogP contribution in [0.25, 0.3) is 0 Å². The summed E-state index contributed by atoms with van der Waals surface area (Å²) in [6.45, 7) is 0. The van der Waals surface area contributed by atoms with Crippen LogP contribution in [0, 0.1) is 5.92 Å². The molecule has 0 spiro atoms. The lowest BCUT2D eigenvalue weighted by Gasteiger charge is -2.15. The molecule has 0 saturated heterocycles. The maximum Gasteiger partial charge on any atom is 0.402 e. The Balaban J connectivity index is 2.82. The van der Waals surface area contributed by atoms with E-state index in [0.717, 1.165) is 0 Å². The highest BCUT2D eigenvalue weighted by molar-refractivity contribution is 5.71. The number of halogens is 3. The smallest absolute Gasteiger partial charge is 0.402 e. The van der Waals surface area contributed by atoms with Crippen molar-refractivity contribution in [1.29, 1.82) is 0 Å². The molecule has 0 aromatic heterocycles. The monoisotopic (exact) mass is 218 g/mol. The minimum atomic E-state index is -4.71.